The number of ether oxygens (including phenoxy) is 1. The quantitative estimate of drug-likeness (QED) is 0.697. The first-order chi connectivity index (χ1) is 6.79. The molecule has 0 saturated heterocycles. The topological polar surface area (TPSA) is 9.23 Å². The lowest BCUT2D eigenvalue weighted by Gasteiger charge is -2.12. The second-order valence-electron chi connectivity index (χ2n) is 3.87. The van der Waals surface area contributed by atoms with Crippen LogP contribution in [0.15, 0.2) is 18.2 Å². The maximum atomic E-state index is 5.69. The Morgan fingerprint density at radius 1 is 1.36 bits per heavy atom. The van der Waals surface area contributed by atoms with Crippen LogP contribution in [0.5, 0.6) is 5.75 Å². The Morgan fingerprint density at radius 2 is 2.14 bits per heavy atom. The second-order valence-corrected chi connectivity index (χ2v) is 4.18. The molecule has 0 aromatic heterocycles. The van der Waals surface area contributed by atoms with E-state index < -0.39 is 0 Å². The summed E-state index contributed by atoms with van der Waals surface area (Å²) in [5, 5.41) is 0. The van der Waals surface area contributed by atoms with Gasteiger partial charge in [-0.2, -0.15) is 0 Å². The van der Waals surface area contributed by atoms with Crippen molar-refractivity contribution in [3.63, 3.8) is 0 Å². The molecule has 1 aromatic rings. The van der Waals surface area contributed by atoms with E-state index in [-0.39, 0.29) is 6.10 Å². The molecule has 0 spiro atoms. The molecule has 0 fully saturated rings. The largest absolute Gasteiger partial charge is 0.489 e. The van der Waals surface area contributed by atoms with Gasteiger partial charge in [0.1, 0.15) is 11.9 Å². The van der Waals surface area contributed by atoms with E-state index in [9.17, 15) is 0 Å². The lowest BCUT2D eigenvalue weighted by atomic mass is 10.1. The van der Waals surface area contributed by atoms with Gasteiger partial charge in [0.15, 0.2) is 0 Å². The van der Waals surface area contributed by atoms with Gasteiger partial charge in [0.25, 0.3) is 0 Å². The summed E-state index contributed by atoms with van der Waals surface area (Å²) in [5.74, 6) is 1.50. The zero-order valence-corrected chi connectivity index (χ0v) is 9.18. The Labute approximate surface area is 90.0 Å². The molecule has 1 nitrogen and oxygen atoms in total. The Bertz CT molecular complexity index is 322. The Kier molecular flexibility index (Phi) is 2.97. The van der Waals surface area contributed by atoms with Gasteiger partial charge in [-0.15, -0.1) is 11.6 Å². The molecular weight excluding hydrogens is 196 g/mol. The zero-order chi connectivity index (χ0) is 9.97. The summed E-state index contributed by atoms with van der Waals surface area (Å²) in [6.45, 7) is 1.99. The number of halogens is 1. The molecule has 14 heavy (non-hydrogen) atoms. The third-order valence-corrected chi connectivity index (χ3v) is 3.06. The smallest absolute Gasteiger partial charge is 0.120 e. The van der Waals surface area contributed by atoms with Crippen LogP contribution in [0.2, 0.25) is 0 Å². The van der Waals surface area contributed by atoms with Crippen molar-refractivity contribution in [2.75, 3.05) is 5.88 Å². The average Bonchev–Trinajstić information content (AvgIpc) is 2.64. The van der Waals surface area contributed by atoms with Crippen LogP contribution in [0.25, 0.3) is 0 Å². The first-order valence-electron chi connectivity index (χ1n) is 5.14. The van der Waals surface area contributed by atoms with Crippen molar-refractivity contribution < 1.29 is 4.74 Å². The van der Waals surface area contributed by atoms with Crippen LogP contribution in [0.1, 0.15) is 24.5 Å². The van der Waals surface area contributed by atoms with Gasteiger partial charge in [0, 0.05) is 0 Å². The molecule has 0 bridgehead atoms. The number of fused-ring (bicyclic) bond motifs is 1. The van der Waals surface area contributed by atoms with Crippen molar-refractivity contribution in [1.82, 2.24) is 0 Å². The molecule has 2 rings (SSSR count). The monoisotopic (exact) mass is 210 g/mol. The van der Waals surface area contributed by atoms with Gasteiger partial charge in [0.05, 0.1) is 5.88 Å². The number of hydrogen-bond donors (Lipinski definition) is 0. The van der Waals surface area contributed by atoms with Crippen molar-refractivity contribution in [2.24, 2.45) is 0 Å². The van der Waals surface area contributed by atoms with Gasteiger partial charge >= 0.3 is 0 Å². The first kappa shape index (κ1) is 9.85. The summed E-state index contributed by atoms with van der Waals surface area (Å²) >= 11 is 5.69. The summed E-state index contributed by atoms with van der Waals surface area (Å²) in [6.07, 6.45) is 3.79. The summed E-state index contributed by atoms with van der Waals surface area (Å²) in [7, 11) is 0. The fraction of sp³-hybridized carbons (Fsp3) is 0.500. The van der Waals surface area contributed by atoms with Gasteiger partial charge in [-0.05, 0) is 49.4 Å². The number of rotatable bonds is 3. The lowest BCUT2D eigenvalue weighted by molar-refractivity contribution is 0.245. The molecule has 1 unspecified atom stereocenters. The zero-order valence-electron chi connectivity index (χ0n) is 8.42. The Hall–Kier alpha value is -0.690. The van der Waals surface area contributed by atoms with Crippen LogP contribution in [0.4, 0.5) is 0 Å². The van der Waals surface area contributed by atoms with Crippen LogP contribution in [-0.4, -0.2) is 12.0 Å². The third kappa shape index (κ3) is 2.03. The van der Waals surface area contributed by atoms with Gasteiger partial charge < -0.3 is 4.74 Å². The van der Waals surface area contributed by atoms with Crippen LogP contribution in [0, 0.1) is 0 Å². The van der Waals surface area contributed by atoms with Crippen molar-refractivity contribution in [2.45, 2.75) is 32.3 Å². The lowest BCUT2D eigenvalue weighted by Crippen LogP contribution is -2.13. The van der Waals surface area contributed by atoms with E-state index in [1.165, 1.54) is 30.4 Å². The normalized spacial score (nSPS) is 16.4. The van der Waals surface area contributed by atoms with Gasteiger partial charge in [-0.1, -0.05) is 6.07 Å². The van der Waals surface area contributed by atoms with E-state index in [1.54, 1.807) is 0 Å². The first-order valence-corrected chi connectivity index (χ1v) is 5.67. The average molecular weight is 211 g/mol. The van der Waals surface area contributed by atoms with Gasteiger partial charge in [0.2, 0.25) is 0 Å². The maximum absolute atomic E-state index is 5.69. The SMILES string of the molecule is CC(CCl)Oc1ccc2c(c1)CCC2. The highest BCUT2D eigenvalue weighted by Gasteiger charge is 2.11. The summed E-state index contributed by atoms with van der Waals surface area (Å²) < 4.78 is 5.66. The van der Waals surface area contributed by atoms with Gasteiger partial charge in [-0.3, -0.25) is 0 Å². The summed E-state index contributed by atoms with van der Waals surface area (Å²) in [4.78, 5) is 0. The molecule has 0 saturated carbocycles. The number of aryl methyl sites for hydroxylation is 2. The predicted octanol–water partition coefficient (Wildman–Crippen LogP) is 3.18. The molecule has 1 atom stereocenters. The molecule has 0 heterocycles. The van der Waals surface area contributed by atoms with E-state index in [1.807, 2.05) is 13.0 Å². The standard InChI is InChI=1S/C12H15ClO/c1-9(8-13)14-12-6-5-10-3-2-4-11(10)7-12/h5-7,9H,2-4,8H2,1H3. The number of hydrogen-bond acceptors (Lipinski definition) is 1. The minimum Gasteiger partial charge on any atom is -0.489 e. The predicted molar refractivity (Wildman–Crippen MR) is 59.3 cm³/mol. The van der Waals surface area contributed by atoms with Crippen molar-refractivity contribution in [1.29, 1.82) is 0 Å². The molecule has 2 heteroatoms. The van der Waals surface area contributed by atoms with Crippen LogP contribution in [0.3, 0.4) is 0 Å². The van der Waals surface area contributed by atoms with E-state index >= 15 is 0 Å². The highest BCUT2D eigenvalue weighted by Crippen LogP contribution is 2.26. The fourth-order valence-corrected chi connectivity index (χ4v) is 1.95. The molecule has 0 aliphatic heterocycles. The van der Waals surface area contributed by atoms with E-state index in [0.717, 1.165) is 5.75 Å². The summed E-state index contributed by atoms with van der Waals surface area (Å²) in [5.41, 5.74) is 2.93. The Morgan fingerprint density at radius 3 is 2.93 bits per heavy atom. The van der Waals surface area contributed by atoms with Crippen molar-refractivity contribution in [3.05, 3.63) is 29.3 Å². The molecule has 0 radical (unpaired) electrons. The van der Waals surface area contributed by atoms with Crippen LogP contribution in [-0.2, 0) is 12.8 Å². The minimum absolute atomic E-state index is 0.0936. The third-order valence-electron chi connectivity index (χ3n) is 2.62. The molecular formula is C12H15ClO. The molecule has 76 valence electrons. The van der Waals surface area contributed by atoms with Crippen LogP contribution >= 0.6 is 11.6 Å². The summed E-state index contributed by atoms with van der Waals surface area (Å²) in [6, 6.07) is 6.39. The van der Waals surface area contributed by atoms with Crippen LogP contribution < -0.4 is 4.74 Å². The minimum atomic E-state index is 0.0936. The van der Waals surface area contributed by atoms with E-state index in [0.29, 0.717) is 5.88 Å². The molecule has 1 aliphatic carbocycles. The Balaban J connectivity index is 2.12. The second kappa shape index (κ2) is 4.22. The molecule has 0 amide bonds. The van der Waals surface area contributed by atoms with Crippen molar-refractivity contribution in [3.8, 4) is 5.75 Å². The maximum Gasteiger partial charge on any atom is 0.120 e. The molecule has 1 aromatic carbocycles. The van der Waals surface area contributed by atoms with E-state index in [4.69, 9.17) is 16.3 Å². The number of alkyl halides is 1. The number of benzene rings is 1. The molecule has 0 N–H and O–H groups in total. The highest BCUT2D eigenvalue weighted by atomic mass is 35.5. The fourth-order valence-electron chi connectivity index (χ4n) is 1.89. The molecule has 1 aliphatic rings. The van der Waals surface area contributed by atoms with Gasteiger partial charge in [-0.25, -0.2) is 0 Å². The highest BCUT2D eigenvalue weighted by molar-refractivity contribution is 6.18. The van der Waals surface area contributed by atoms with E-state index in [2.05, 4.69) is 12.1 Å². The van der Waals surface area contributed by atoms with Crippen molar-refractivity contribution >= 4 is 11.6 Å².